The largest absolute Gasteiger partial charge is 0.474 e. The number of aryl methyl sites for hydroxylation is 1. The van der Waals surface area contributed by atoms with Crippen LogP contribution in [-0.2, 0) is 15.3 Å². The first kappa shape index (κ1) is 32.4. The number of nitriles is 1. The Bertz CT molecular complexity index is 1570. The van der Waals surface area contributed by atoms with Gasteiger partial charge in [-0.25, -0.2) is 9.78 Å². The minimum atomic E-state index is -0.451. The van der Waals surface area contributed by atoms with Crippen LogP contribution in [-0.4, -0.2) is 69.0 Å². The SMILES string of the molecule is [B]c1cc(C)ccc1SCc1cccc(OC2CCN(CC(=O)Nc3ccc(C(=O)OC)cc3NCC3(CC#N)CC3)CC2)n1. The van der Waals surface area contributed by atoms with Crippen molar-refractivity contribution in [2.75, 3.05) is 43.9 Å². The molecule has 2 radical (unpaired) electrons. The maximum Gasteiger partial charge on any atom is 0.337 e. The highest BCUT2D eigenvalue weighted by molar-refractivity contribution is 7.98. The van der Waals surface area contributed by atoms with Crippen molar-refractivity contribution in [2.45, 2.75) is 55.8 Å². The Hall–Kier alpha value is -4.01. The van der Waals surface area contributed by atoms with Gasteiger partial charge in [0.2, 0.25) is 11.8 Å². The number of aromatic nitrogens is 1. The van der Waals surface area contributed by atoms with Gasteiger partial charge in [0.25, 0.3) is 0 Å². The lowest BCUT2D eigenvalue weighted by molar-refractivity contribution is -0.117. The maximum absolute atomic E-state index is 13.1. The zero-order chi connectivity index (χ0) is 31.8. The molecular formula is C34H38BN5O4S. The molecular weight excluding hydrogens is 585 g/mol. The summed E-state index contributed by atoms with van der Waals surface area (Å²) in [5.74, 6) is 0.718. The van der Waals surface area contributed by atoms with Crippen molar-refractivity contribution in [3.8, 4) is 11.9 Å². The van der Waals surface area contributed by atoms with E-state index >= 15 is 0 Å². The average molecular weight is 624 g/mol. The molecule has 1 amide bonds. The van der Waals surface area contributed by atoms with Gasteiger partial charge in [-0.1, -0.05) is 29.2 Å². The van der Waals surface area contributed by atoms with Gasteiger partial charge in [-0.3, -0.25) is 9.69 Å². The summed E-state index contributed by atoms with van der Waals surface area (Å²) in [6, 6.07) is 19.2. The molecule has 2 N–H and O–H groups in total. The van der Waals surface area contributed by atoms with Gasteiger partial charge < -0.3 is 20.1 Å². The summed E-state index contributed by atoms with van der Waals surface area (Å²) >= 11 is 1.66. The highest BCUT2D eigenvalue weighted by Crippen LogP contribution is 2.48. The number of benzene rings is 2. The number of pyridine rings is 1. The van der Waals surface area contributed by atoms with Crippen molar-refractivity contribution in [2.24, 2.45) is 5.41 Å². The van der Waals surface area contributed by atoms with Gasteiger partial charge in [0.15, 0.2) is 0 Å². The molecule has 0 unspecified atom stereocenters. The van der Waals surface area contributed by atoms with Crippen LogP contribution in [0.3, 0.4) is 0 Å². The summed E-state index contributed by atoms with van der Waals surface area (Å²) in [6.45, 7) is 4.32. The van der Waals surface area contributed by atoms with E-state index in [1.54, 1.807) is 30.0 Å². The lowest BCUT2D eigenvalue weighted by Gasteiger charge is -2.31. The van der Waals surface area contributed by atoms with Crippen molar-refractivity contribution in [1.29, 1.82) is 5.26 Å². The second-order valence-corrected chi connectivity index (χ2v) is 12.9. The van der Waals surface area contributed by atoms with Crippen LogP contribution >= 0.6 is 11.8 Å². The second kappa shape index (κ2) is 14.9. The number of likely N-dealkylation sites (tertiary alicyclic amines) is 1. The number of hydrogen-bond acceptors (Lipinski definition) is 9. The number of amides is 1. The molecule has 2 aromatic carbocycles. The monoisotopic (exact) mass is 623 g/mol. The van der Waals surface area contributed by atoms with Crippen molar-refractivity contribution in [1.82, 2.24) is 9.88 Å². The van der Waals surface area contributed by atoms with Crippen LogP contribution < -0.4 is 20.8 Å². The van der Waals surface area contributed by atoms with E-state index in [-0.39, 0.29) is 24.0 Å². The minimum absolute atomic E-state index is 0.0253. The first-order chi connectivity index (χ1) is 21.8. The molecule has 1 aliphatic carbocycles. The summed E-state index contributed by atoms with van der Waals surface area (Å²) in [7, 11) is 7.50. The van der Waals surface area contributed by atoms with Crippen LogP contribution in [0.5, 0.6) is 5.88 Å². The van der Waals surface area contributed by atoms with Crippen molar-refractivity contribution >= 4 is 48.3 Å². The van der Waals surface area contributed by atoms with Gasteiger partial charge in [-0.15, -0.1) is 11.8 Å². The van der Waals surface area contributed by atoms with Gasteiger partial charge in [-0.2, -0.15) is 5.26 Å². The van der Waals surface area contributed by atoms with E-state index in [0.29, 0.717) is 41.5 Å². The standard InChI is InChI=1S/C34H38BN5O4S/c1-23-6-9-30(27(35)18-23)45-21-25-4-3-5-32(38-25)44-26-10-16-40(17-11-26)20-31(41)39-28-8-7-24(33(42)43-2)19-29(28)37-22-34(12-13-34)14-15-36/h3-9,18-19,26,37H,10-14,16-17,20-22H2,1-2H3,(H,39,41). The van der Waals surface area contributed by atoms with Crippen molar-refractivity contribution in [3.63, 3.8) is 0 Å². The first-order valence-electron chi connectivity index (χ1n) is 15.2. The molecule has 0 bridgehead atoms. The Morgan fingerprint density at radius 3 is 2.64 bits per heavy atom. The third-order valence-corrected chi connectivity index (χ3v) is 9.41. The van der Waals surface area contributed by atoms with Crippen molar-refractivity contribution in [3.05, 3.63) is 71.4 Å². The van der Waals surface area contributed by atoms with Crippen LogP contribution in [0.1, 0.15) is 53.7 Å². The van der Waals surface area contributed by atoms with Crippen LogP contribution in [0.25, 0.3) is 0 Å². The van der Waals surface area contributed by atoms with Crippen LogP contribution in [0.2, 0.25) is 0 Å². The molecule has 11 heteroatoms. The van der Waals surface area contributed by atoms with E-state index in [4.69, 9.17) is 22.3 Å². The molecule has 5 rings (SSSR count). The van der Waals surface area contributed by atoms with E-state index in [0.717, 1.165) is 60.4 Å². The number of anilines is 2. The average Bonchev–Trinajstić information content (AvgIpc) is 3.80. The Labute approximate surface area is 270 Å². The summed E-state index contributed by atoms with van der Waals surface area (Å²) in [5, 5.41) is 15.5. The molecule has 9 nitrogen and oxygen atoms in total. The number of esters is 1. The molecule has 1 aromatic heterocycles. The molecule has 1 aliphatic heterocycles. The summed E-state index contributed by atoms with van der Waals surface area (Å²) in [6.07, 6.45) is 4.04. The number of rotatable bonds is 13. The van der Waals surface area contributed by atoms with Crippen LogP contribution in [0.4, 0.5) is 11.4 Å². The fraction of sp³-hybridized carbons (Fsp3) is 0.412. The Morgan fingerprint density at radius 2 is 1.93 bits per heavy atom. The third-order valence-electron chi connectivity index (χ3n) is 8.29. The Balaban J connectivity index is 1.11. The number of thioether (sulfide) groups is 1. The zero-order valence-electron chi connectivity index (χ0n) is 25.8. The number of carbonyl (C=O) groups is 2. The summed E-state index contributed by atoms with van der Waals surface area (Å²) in [5.41, 5.74) is 4.42. The zero-order valence-corrected chi connectivity index (χ0v) is 26.6. The minimum Gasteiger partial charge on any atom is -0.474 e. The number of carbonyl (C=O) groups excluding carboxylic acids is 2. The maximum atomic E-state index is 13.1. The smallest absolute Gasteiger partial charge is 0.337 e. The van der Waals surface area contributed by atoms with Gasteiger partial charge in [-0.05, 0) is 62.9 Å². The quantitative estimate of drug-likeness (QED) is 0.157. The Morgan fingerprint density at radius 1 is 1.13 bits per heavy atom. The van der Waals surface area contributed by atoms with Gasteiger partial charge in [0.05, 0.1) is 42.4 Å². The molecule has 45 heavy (non-hydrogen) atoms. The van der Waals surface area contributed by atoms with Gasteiger partial charge in [0.1, 0.15) is 14.0 Å². The third kappa shape index (κ3) is 9.02. The highest BCUT2D eigenvalue weighted by atomic mass is 32.2. The van der Waals surface area contributed by atoms with Crippen LogP contribution in [0, 0.1) is 23.7 Å². The molecule has 2 heterocycles. The second-order valence-electron chi connectivity index (χ2n) is 11.9. The van der Waals surface area contributed by atoms with Crippen molar-refractivity contribution < 1.29 is 19.1 Å². The highest BCUT2D eigenvalue weighted by Gasteiger charge is 2.42. The Kier molecular flexibility index (Phi) is 10.7. The fourth-order valence-electron chi connectivity index (χ4n) is 5.39. The van der Waals surface area contributed by atoms with E-state index < -0.39 is 5.97 Å². The van der Waals surface area contributed by atoms with E-state index in [1.165, 1.54) is 7.11 Å². The number of piperidine rings is 1. The molecule has 232 valence electrons. The molecule has 1 saturated heterocycles. The first-order valence-corrected chi connectivity index (χ1v) is 16.2. The van der Waals surface area contributed by atoms with Crippen LogP contribution in [0.15, 0.2) is 59.5 Å². The number of ether oxygens (including phenoxy) is 2. The van der Waals surface area contributed by atoms with E-state index in [9.17, 15) is 14.9 Å². The summed E-state index contributed by atoms with van der Waals surface area (Å²) in [4.78, 5) is 33.1. The molecule has 1 saturated carbocycles. The fourth-order valence-corrected chi connectivity index (χ4v) is 6.25. The topological polar surface area (TPSA) is 117 Å². The van der Waals surface area contributed by atoms with E-state index in [2.05, 4.69) is 27.7 Å². The number of hydrogen-bond donors (Lipinski definition) is 2. The number of methoxy groups -OCH3 is 1. The number of nitrogens with zero attached hydrogens (tertiary/aromatic N) is 3. The molecule has 2 aliphatic rings. The molecule has 2 fully saturated rings. The normalized spacial score (nSPS) is 15.9. The number of nitrogens with one attached hydrogen (secondary N) is 2. The van der Waals surface area contributed by atoms with Gasteiger partial charge in [0, 0.05) is 48.2 Å². The predicted molar refractivity (Wildman–Crippen MR) is 177 cm³/mol. The summed E-state index contributed by atoms with van der Waals surface area (Å²) < 4.78 is 11.1. The molecule has 0 atom stereocenters. The lowest BCUT2D eigenvalue weighted by Crippen LogP contribution is -2.42. The molecule has 3 aromatic rings. The molecule has 0 spiro atoms. The predicted octanol–water partition coefficient (Wildman–Crippen LogP) is 4.85. The van der Waals surface area contributed by atoms with E-state index in [1.807, 2.05) is 37.3 Å². The van der Waals surface area contributed by atoms with Gasteiger partial charge >= 0.3 is 5.97 Å². The lowest BCUT2D eigenvalue weighted by atomic mass is 9.95.